The number of rotatable bonds is 5. The average Bonchev–Trinajstić information content (AvgIpc) is 2.99. The summed E-state index contributed by atoms with van der Waals surface area (Å²) in [4.78, 5) is 14.4. The first-order valence-corrected chi connectivity index (χ1v) is 7.85. The van der Waals surface area contributed by atoms with Crippen molar-refractivity contribution in [3.8, 4) is 0 Å². The van der Waals surface area contributed by atoms with E-state index in [4.69, 9.17) is 4.74 Å². The van der Waals surface area contributed by atoms with Crippen molar-refractivity contribution in [2.45, 2.75) is 58.0 Å². The number of hydrogen-bond acceptors (Lipinski definition) is 3. The van der Waals surface area contributed by atoms with E-state index in [1.54, 1.807) is 0 Å². The highest BCUT2D eigenvalue weighted by Gasteiger charge is 2.28. The van der Waals surface area contributed by atoms with Crippen LogP contribution in [0.5, 0.6) is 0 Å². The van der Waals surface area contributed by atoms with E-state index in [1.165, 1.54) is 25.7 Å². The Kier molecular flexibility index (Phi) is 5.64. The molecule has 4 heteroatoms. The first-order chi connectivity index (χ1) is 9.22. The summed E-state index contributed by atoms with van der Waals surface area (Å²) in [5.74, 6) is 1.02. The Labute approximate surface area is 116 Å². The van der Waals surface area contributed by atoms with Gasteiger partial charge in [0.15, 0.2) is 0 Å². The third-order valence-corrected chi connectivity index (χ3v) is 4.60. The van der Waals surface area contributed by atoms with Gasteiger partial charge in [0.2, 0.25) is 5.91 Å². The molecular formula is C15H28N2O2. The summed E-state index contributed by atoms with van der Waals surface area (Å²) in [6, 6.07) is 0.436. The van der Waals surface area contributed by atoms with Crippen LogP contribution in [0.15, 0.2) is 0 Å². The molecule has 1 amide bonds. The minimum Gasteiger partial charge on any atom is -0.378 e. The molecule has 1 saturated heterocycles. The second-order valence-electron chi connectivity index (χ2n) is 5.90. The molecule has 19 heavy (non-hydrogen) atoms. The summed E-state index contributed by atoms with van der Waals surface area (Å²) >= 11 is 0. The summed E-state index contributed by atoms with van der Waals surface area (Å²) in [7, 11) is 0. The predicted octanol–water partition coefficient (Wildman–Crippen LogP) is 1.79. The maximum absolute atomic E-state index is 12.5. The Bertz CT molecular complexity index is 284. The number of amides is 1. The summed E-state index contributed by atoms with van der Waals surface area (Å²) in [6.45, 7) is 7.19. The van der Waals surface area contributed by atoms with Crippen LogP contribution in [0, 0.1) is 5.92 Å². The second kappa shape index (κ2) is 7.25. The standard InChI is InChI=1S/C15H28N2O2/c1-3-14(15(18)17-8-10-19-11-9-17)16-12(2)13-6-4-5-7-13/h12-14,16H,3-11H2,1-2H3/t12-,14-/m0/s1. The predicted molar refractivity (Wildman–Crippen MR) is 76.0 cm³/mol. The number of morpholine rings is 1. The molecule has 0 unspecified atom stereocenters. The van der Waals surface area contributed by atoms with Crippen molar-refractivity contribution < 1.29 is 9.53 Å². The quantitative estimate of drug-likeness (QED) is 0.826. The number of carbonyl (C=O) groups excluding carboxylic acids is 1. The Morgan fingerprint density at radius 3 is 2.53 bits per heavy atom. The van der Waals surface area contributed by atoms with Crippen LogP contribution in [0.4, 0.5) is 0 Å². The summed E-state index contributed by atoms with van der Waals surface area (Å²) < 4.78 is 5.31. The Morgan fingerprint density at radius 1 is 1.32 bits per heavy atom. The first kappa shape index (κ1) is 14.8. The SMILES string of the molecule is CC[C@H](N[C@@H](C)C1CCCC1)C(=O)N1CCOCC1. The van der Waals surface area contributed by atoms with Crippen LogP contribution in [-0.2, 0) is 9.53 Å². The topological polar surface area (TPSA) is 41.6 Å². The van der Waals surface area contributed by atoms with Crippen LogP contribution in [0.25, 0.3) is 0 Å². The lowest BCUT2D eigenvalue weighted by Crippen LogP contribution is -2.53. The third kappa shape index (κ3) is 3.93. The molecule has 1 heterocycles. The van der Waals surface area contributed by atoms with E-state index in [0.29, 0.717) is 19.3 Å². The highest BCUT2D eigenvalue weighted by molar-refractivity contribution is 5.82. The third-order valence-electron chi connectivity index (χ3n) is 4.60. The number of hydrogen-bond donors (Lipinski definition) is 1. The summed E-state index contributed by atoms with van der Waals surface area (Å²) in [5, 5.41) is 3.57. The molecule has 0 aromatic heterocycles. The van der Waals surface area contributed by atoms with Gasteiger partial charge in [0.1, 0.15) is 0 Å². The number of nitrogens with one attached hydrogen (secondary N) is 1. The number of ether oxygens (including phenoxy) is 1. The van der Waals surface area contributed by atoms with Gasteiger partial charge < -0.3 is 15.0 Å². The molecule has 0 aromatic carbocycles. The van der Waals surface area contributed by atoms with E-state index < -0.39 is 0 Å². The Hall–Kier alpha value is -0.610. The maximum atomic E-state index is 12.5. The summed E-state index contributed by atoms with van der Waals surface area (Å²) in [6.07, 6.45) is 6.20. The zero-order valence-corrected chi connectivity index (χ0v) is 12.4. The van der Waals surface area contributed by atoms with Crippen molar-refractivity contribution in [2.75, 3.05) is 26.3 Å². The molecule has 0 aromatic rings. The van der Waals surface area contributed by atoms with Crippen molar-refractivity contribution in [1.82, 2.24) is 10.2 Å². The van der Waals surface area contributed by atoms with Gasteiger partial charge >= 0.3 is 0 Å². The van der Waals surface area contributed by atoms with Gasteiger partial charge in [-0.2, -0.15) is 0 Å². The van der Waals surface area contributed by atoms with Gasteiger partial charge in [0.25, 0.3) is 0 Å². The zero-order chi connectivity index (χ0) is 13.7. The van der Waals surface area contributed by atoms with Gasteiger partial charge in [-0.15, -0.1) is 0 Å². The van der Waals surface area contributed by atoms with Crippen LogP contribution >= 0.6 is 0 Å². The lowest BCUT2D eigenvalue weighted by molar-refractivity contribution is -0.137. The largest absolute Gasteiger partial charge is 0.378 e. The van der Waals surface area contributed by atoms with Crippen molar-refractivity contribution in [1.29, 1.82) is 0 Å². The zero-order valence-electron chi connectivity index (χ0n) is 12.4. The van der Waals surface area contributed by atoms with Gasteiger partial charge in [0.05, 0.1) is 19.3 Å². The normalized spacial score (nSPS) is 24.4. The van der Waals surface area contributed by atoms with Crippen molar-refractivity contribution in [2.24, 2.45) is 5.92 Å². The van der Waals surface area contributed by atoms with Crippen LogP contribution in [0.1, 0.15) is 46.0 Å². The fourth-order valence-electron chi connectivity index (χ4n) is 3.28. The molecule has 110 valence electrons. The van der Waals surface area contributed by atoms with Gasteiger partial charge in [0, 0.05) is 19.1 Å². The first-order valence-electron chi connectivity index (χ1n) is 7.85. The molecule has 2 aliphatic rings. The van der Waals surface area contributed by atoms with E-state index in [-0.39, 0.29) is 11.9 Å². The average molecular weight is 268 g/mol. The molecule has 2 atom stereocenters. The van der Waals surface area contributed by atoms with Crippen LogP contribution < -0.4 is 5.32 Å². The fourth-order valence-corrected chi connectivity index (χ4v) is 3.28. The molecule has 0 bridgehead atoms. The van der Waals surface area contributed by atoms with Gasteiger partial charge in [-0.05, 0) is 32.1 Å². The molecular weight excluding hydrogens is 240 g/mol. The Morgan fingerprint density at radius 2 is 1.95 bits per heavy atom. The molecule has 1 N–H and O–H groups in total. The van der Waals surface area contributed by atoms with Crippen molar-refractivity contribution >= 4 is 5.91 Å². The monoisotopic (exact) mass is 268 g/mol. The molecule has 2 fully saturated rings. The van der Waals surface area contributed by atoms with Crippen molar-refractivity contribution in [3.63, 3.8) is 0 Å². The van der Waals surface area contributed by atoms with E-state index >= 15 is 0 Å². The number of carbonyl (C=O) groups is 1. The molecule has 0 spiro atoms. The molecule has 0 radical (unpaired) electrons. The highest BCUT2D eigenvalue weighted by Crippen LogP contribution is 2.27. The van der Waals surface area contributed by atoms with Crippen molar-refractivity contribution in [3.05, 3.63) is 0 Å². The second-order valence-corrected chi connectivity index (χ2v) is 5.90. The number of nitrogens with zero attached hydrogens (tertiary/aromatic N) is 1. The van der Waals surface area contributed by atoms with E-state index in [9.17, 15) is 4.79 Å². The highest BCUT2D eigenvalue weighted by atomic mass is 16.5. The molecule has 1 aliphatic carbocycles. The van der Waals surface area contributed by atoms with Gasteiger partial charge in [-0.3, -0.25) is 4.79 Å². The van der Waals surface area contributed by atoms with E-state index in [1.807, 2.05) is 4.90 Å². The lowest BCUT2D eigenvalue weighted by atomic mass is 9.98. The maximum Gasteiger partial charge on any atom is 0.239 e. The van der Waals surface area contributed by atoms with E-state index in [2.05, 4.69) is 19.2 Å². The molecule has 4 nitrogen and oxygen atoms in total. The van der Waals surface area contributed by atoms with E-state index in [0.717, 1.165) is 25.4 Å². The van der Waals surface area contributed by atoms with Gasteiger partial charge in [-0.25, -0.2) is 0 Å². The lowest BCUT2D eigenvalue weighted by Gasteiger charge is -2.32. The van der Waals surface area contributed by atoms with Crippen LogP contribution in [0.2, 0.25) is 0 Å². The fraction of sp³-hybridized carbons (Fsp3) is 0.933. The molecule has 1 saturated carbocycles. The minimum atomic E-state index is -0.0197. The Balaban J connectivity index is 1.85. The van der Waals surface area contributed by atoms with Crippen LogP contribution in [-0.4, -0.2) is 49.2 Å². The molecule has 1 aliphatic heterocycles. The van der Waals surface area contributed by atoms with Crippen LogP contribution in [0.3, 0.4) is 0 Å². The minimum absolute atomic E-state index is 0.0197. The summed E-state index contributed by atoms with van der Waals surface area (Å²) in [5.41, 5.74) is 0. The molecule has 2 rings (SSSR count). The smallest absolute Gasteiger partial charge is 0.239 e. The van der Waals surface area contributed by atoms with Gasteiger partial charge in [-0.1, -0.05) is 19.8 Å².